The minimum Gasteiger partial charge on any atom is -0.353 e. The quantitative estimate of drug-likeness (QED) is 0.646. The Bertz CT molecular complexity index is 1000. The molecule has 10 heteroatoms. The first kappa shape index (κ1) is 22.8. The van der Waals surface area contributed by atoms with Gasteiger partial charge in [-0.3, -0.25) is 4.79 Å². The highest BCUT2D eigenvalue weighted by Gasteiger charge is 2.28. The lowest BCUT2D eigenvalue weighted by Crippen LogP contribution is -2.49. The zero-order valence-corrected chi connectivity index (χ0v) is 19.2. The molecule has 0 N–H and O–H groups in total. The molecule has 2 heterocycles. The lowest BCUT2D eigenvalue weighted by molar-refractivity contribution is 0.0746. The Morgan fingerprint density at radius 1 is 1.07 bits per heavy atom. The first-order chi connectivity index (χ1) is 14.3. The van der Waals surface area contributed by atoms with Crippen LogP contribution in [-0.2, 0) is 10.0 Å². The maximum atomic E-state index is 13.0. The number of rotatable bonds is 6. The molecule has 0 spiro atoms. The van der Waals surface area contributed by atoms with Gasteiger partial charge in [-0.15, -0.1) is 0 Å². The molecule has 3 rings (SSSR count). The van der Waals surface area contributed by atoms with E-state index in [-0.39, 0.29) is 15.8 Å². The van der Waals surface area contributed by atoms with Crippen LogP contribution >= 0.6 is 23.2 Å². The highest BCUT2D eigenvalue weighted by atomic mass is 35.5. The third kappa shape index (κ3) is 4.72. The minimum absolute atomic E-state index is 0.0392. The second-order valence-electron chi connectivity index (χ2n) is 6.85. The van der Waals surface area contributed by atoms with Gasteiger partial charge in [-0.05, 0) is 30.3 Å². The van der Waals surface area contributed by atoms with Crippen LogP contribution in [0.3, 0.4) is 0 Å². The SMILES string of the molecule is CCN(CC)S(=O)(=O)c1cc(C(=O)N2CCN(c3ccc(Cl)cn3)CC2)ccc1Cl. The summed E-state index contributed by atoms with van der Waals surface area (Å²) in [4.78, 5) is 21.1. The van der Waals surface area contributed by atoms with Crippen LogP contribution in [0.15, 0.2) is 41.4 Å². The summed E-state index contributed by atoms with van der Waals surface area (Å²) in [6.45, 7) is 6.44. The number of amides is 1. The van der Waals surface area contributed by atoms with Crippen LogP contribution in [0, 0.1) is 0 Å². The third-order valence-electron chi connectivity index (χ3n) is 5.10. The summed E-state index contributed by atoms with van der Waals surface area (Å²) >= 11 is 12.1. The van der Waals surface area contributed by atoms with Gasteiger partial charge in [0.1, 0.15) is 10.7 Å². The molecule has 1 aromatic carbocycles. The van der Waals surface area contributed by atoms with Gasteiger partial charge in [0.05, 0.1) is 10.0 Å². The van der Waals surface area contributed by atoms with Crippen molar-refractivity contribution in [2.75, 3.05) is 44.2 Å². The van der Waals surface area contributed by atoms with Crippen LogP contribution in [0.25, 0.3) is 0 Å². The second-order valence-corrected chi connectivity index (χ2v) is 9.60. The van der Waals surface area contributed by atoms with E-state index in [1.54, 1.807) is 37.1 Å². The van der Waals surface area contributed by atoms with E-state index in [9.17, 15) is 13.2 Å². The smallest absolute Gasteiger partial charge is 0.254 e. The molecule has 30 heavy (non-hydrogen) atoms. The number of nitrogens with zero attached hydrogens (tertiary/aromatic N) is 4. The van der Waals surface area contributed by atoms with Crippen LogP contribution in [0.4, 0.5) is 5.82 Å². The third-order valence-corrected chi connectivity index (χ3v) is 7.86. The molecular formula is C20H24Cl2N4O3S. The molecule has 1 saturated heterocycles. The Kier molecular flexibility index (Phi) is 7.23. The summed E-state index contributed by atoms with van der Waals surface area (Å²) in [5, 5.41) is 0.683. The van der Waals surface area contributed by atoms with Crippen LogP contribution in [0.5, 0.6) is 0 Å². The van der Waals surface area contributed by atoms with E-state index in [2.05, 4.69) is 9.88 Å². The Morgan fingerprint density at radius 2 is 1.73 bits per heavy atom. The predicted molar refractivity (Wildman–Crippen MR) is 119 cm³/mol. The molecule has 0 aliphatic carbocycles. The molecule has 162 valence electrons. The first-order valence-electron chi connectivity index (χ1n) is 9.73. The molecule has 0 saturated carbocycles. The molecule has 1 fully saturated rings. The summed E-state index contributed by atoms with van der Waals surface area (Å²) in [6, 6.07) is 8.06. The van der Waals surface area contributed by atoms with E-state index in [1.165, 1.54) is 16.4 Å². The number of pyridine rings is 1. The number of carbonyl (C=O) groups is 1. The van der Waals surface area contributed by atoms with Gasteiger partial charge < -0.3 is 9.80 Å². The van der Waals surface area contributed by atoms with E-state index >= 15 is 0 Å². The minimum atomic E-state index is -3.76. The van der Waals surface area contributed by atoms with Crippen LogP contribution < -0.4 is 4.90 Å². The monoisotopic (exact) mass is 470 g/mol. The van der Waals surface area contributed by atoms with Crippen molar-refractivity contribution < 1.29 is 13.2 Å². The molecule has 0 unspecified atom stereocenters. The van der Waals surface area contributed by atoms with Gasteiger partial charge in [0.15, 0.2) is 0 Å². The molecule has 0 atom stereocenters. The van der Waals surface area contributed by atoms with Crippen molar-refractivity contribution in [3.63, 3.8) is 0 Å². The van der Waals surface area contributed by atoms with Gasteiger partial charge in [0.2, 0.25) is 10.0 Å². The zero-order chi connectivity index (χ0) is 21.9. The lowest BCUT2D eigenvalue weighted by Gasteiger charge is -2.35. The van der Waals surface area contributed by atoms with E-state index < -0.39 is 10.0 Å². The van der Waals surface area contributed by atoms with Gasteiger partial charge in [-0.1, -0.05) is 37.0 Å². The molecule has 1 aliphatic rings. The average molecular weight is 471 g/mol. The van der Waals surface area contributed by atoms with Crippen LogP contribution in [-0.4, -0.2) is 67.8 Å². The molecule has 0 bridgehead atoms. The number of piperazine rings is 1. The van der Waals surface area contributed by atoms with Crippen LogP contribution in [0.2, 0.25) is 10.0 Å². The average Bonchev–Trinajstić information content (AvgIpc) is 2.75. The van der Waals surface area contributed by atoms with Crippen LogP contribution in [0.1, 0.15) is 24.2 Å². The number of hydrogen-bond donors (Lipinski definition) is 0. The lowest BCUT2D eigenvalue weighted by atomic mass is 10.2. The summed E-state index contributed by atoms with van der Waals surface area (Å²) in [7, 11) is -3.76. The standard InChI is InChI=1S/C20H24Cl2N4O3S/c1-3-26(4-2)30(28,29)18-13-15(5-7-17(18)22)20(27)25-11-9-24(10-12-25)19-8-6-16(21)14-23-19/h5-8,13-14H,3-4,9-12H2,1-2H3. The molecule has 7 nitrogen and oxygen atoms in total. The van der Waals surface area contributed by atoms with Crippen molar-refractivity contribution >= 4 is 45.0 Å². The number of carbonyl (C=O) groups excluding carboxylic acids is 1. The second kappa shape index (κ2) is 9.51. The number of sulfonamides is 1. The summed E-state index contributed by atoms with van der Waals surface area (Å²) in [5.74, 6) is 0.594. The molecule has 1 aromatic heterocycles. The zero-order valence-electron chi connectivity index (χ0n) is 16.9. The number of benzene rings is 1. The van der Waals surface area contributed by atoms with Gasteiger partial charge in [0, 0.05) is 51.0 Å². The molecule has 1 aliphatic heterocycles. The molecule has 1 amide bonds. The predicted octanol–water partition coefficient (Wildman–Crippen LogP) is 3.38. The van der Waals surface area contributed by atoms with Crippen molar-refractivity contribution in [3.8, 4) is 0 Å². The molecular weight excluding hydrogens is 447 g/mol. The van der Waals surface area contributed by atoms with Gasteiger partial charge in [-0.25, -0.2) is 13.4 Å². The van der Waals surface area contributed by atoms with E-state index in [4.69, 9.17) is 23.2 Å². The van der Waals surface area contributed by atoms with E-state index in [0.717, 1.165) is 5.82 Å². The number of halogens is 2. The normalized spacial score (nSPS) is 15.0. The Balaban J connectivity index is 1.76. The molecule has 0 radical (unpaired) electrons. The maximum Gasteiger partial charge on any atom is 0.254 e. The largest absolute Gasteiger partial charge is 0.353 e. The maximum absolute atomic E-state index is 13.0. The Labute approximate surface area is 187 Å². The summed E-state index contributed by atoms with van der Waals surface area (Å²) in [6.07, 6.45) is 1.60. The highest BCUT2D eigenvalue weighted by molar-refractivity contribution is 7.89. The fraction of sp³-hybridized carbons (Fsp3) is 0.400. The van der Waals surface area contributed by atoms with Gasteiger partial charge >= 0.3 is 0 Å². The first-order valence-corrected chi connectivity index (χ1v) is 11.9. The summed E-state index contributed by atoms with van der Waals surface area (Å²) < 4.78 is 27.1. The Hall–Kier alpha value is -1.87. The van der Waals surface area contributed by atoms with E-state index in [0.29, 0.717) is 49.9 Å². The summed E-state index contributed by atoms with van der Waals surface area (Å²) in [5.41, 5.74) is 0.309. The van der Waals surface area contributed by atoms with E-state index in [1.807, 2.05) is 6.07 Å². The topological polar surface area (TPSA) is 73.8 Å². The Morgan fingerprint density at radius 3 is 2.30 bits per heavy atom. The molecule has 2 aromatic rings. The van der Waals surface area contributed by atoms with Crippen molar-refractivity contribution in [3.05, 3.63) is 52.1 Å². The number of hydrogen-bond acceptors (Lipinski definition) is 5. The van der Waals surface area contributed by atoms with Crippen molar-refractivity contribution in [2.24, 2.45) is 0 Å². The number of anilines is 1. The van der Waals surface area contributed by atoms with Crippen molar-refractivity contribution in [1.29, 1.82) is 0 Å². The van der Waals surface area contributed by atoms with Gasteiger partial charge in [-0.2, -0.15) is 4.31 Å². The van der Waals surface area contributed by atoms with Crippen molar-refractivity contribution in [1.82, 2.24) is 14.2 Å². The highest BCUT2D eigenvalue weighted by Crippen LogP contribution is 2.27. The number of aromatic nitrogens is 1. The fourth-order valence-electron chi connectivity index (χ4n) is 3.41. The van der Waals surface area contributed by atoms with Gasteiger partial charge in [0.25, 0.3) is 5.91 Å². The van der Waals surface area contributed by atoms with Crippen molar-refractivity contribution in [2.45, 2.75) is 18.7 Å². The fourth-order valence-corrected chi connectivity index (χ4v) is 5.48.